The number of hydrogen-bond acceptors (Lipinski definition) is 0. The molecule has 0 saturated carbocycles. The highest BCUT2D eigenvalue weighted by atomic mass is 35.5. The van der Waals surface area contributed by atoms with Crippen molar-refractivity contribution in [1.82, 2.24) is 0 Å². The van der Waals surface area contributed by atoms with Crippen molar-refractivity contribution in [2.24, 2.45) is 0 Å². The van der Waals surface area contributed by atoms with Gasteiger partial charge in [-0.1, -0.05) is 118 Å². The van der Waals surface area contributed by atoms with Crippen molar-refractivity contribution in [2.45, 2.75) is 169 Å². The molecule has 0 aromatic rings. The van der Waals surface area contributed by atoms with E-state index in [2.05, 4.69) is 27.7 Å². The molecule has 0 rings (SSSR count). The van der Waals surface area contributed by atoms with E-state index in [0.717, 1.165) is 0 Å². The number of halogens is 1. The average Bonchev–Trinajstić information content (AvgIpc) is 2.77. The van der Waals surface area contributed by atoms with E-state index >= 15 is 0 Å². The van der Waals surface area contributed by atoms with Crippen LogP contribution in [-0.2, 0) is 0 Å². The second-order valence-corrected chi connectivity index (χ2v) is 10.6. The summed E-state index contributed by atoms with van der Waals surface area (Å²) in [4.78, 5) is 0. The molecule has 0 bridgehead atoms. The fourth-order valence-corrected chi connectivity index (χ4v) is 5.23. The molecule has 0 unspecified atom stereocenters. The van der Waals surface area contributed by atoms with Crippen LogP contribution in [0.5, 0.6) is 0 Å². The van der Waals surface area contributed by atoms with Crippen LogP contribution in [0.25, 0.3) is 0 Å². The molecule has 0 aliphatic rings. The standard InChI is InChI=1S/C30H64N.ClH/c1-5-9-13-15-17-19-21-25-29-31(27-23-11-7-3,28-24-12-8-4)30-26-22-20-18-16-14-10-6-2;/h5-30H2,1-4H3;1H/q+1;/p-1. The molecular formula is C30H64ClN. The summed E-state index contributed by atoms with van der Waals surface area (Å²) in [5.41, 5.74) is 0. The highest BCUT2D eigenvalue weighted by Gasteiger charge is 2.25. The van der Waals surface area contributed by atoms with Crippen molar-refractivity contribution in [3.8, 4) is 0 Å². The Kier molecular flexibility index (Phi) is 29.6. The molecule has 0 radical (unpaired) electrons. The lowest BCUT2D eigenvalue weighted by Crippen LogP contribution is -3.00. The molecule has 1 nitrogen and oxygen atoms in total. The van der Waals surface area contributed by atoms with E-state index in [1.165, 1.54) is 172 Å². The largest absolute Gasteiger partial charge is 1.00 e. The molecule has 0 aliphatic carbocycles. The second kappa shape index (κ2) is 27.5. The van der Waals surface area contributed by atoms with E-state index in [1.807, 2.05) is 0 Å². The summed E-state index contributed by atoms with van der Waals surface area (Å²) in [6, 6.07) is 0. The van der Waals surface area contributed by atoms with Crippen LogP contribution in [0.1, 0.15) is 169 Å². The Bertz CT molecular complexity index is 299. The Morgan fingerprint density at radius 3 is 0.750 bits per heavy atom. The SMILES string of the molecule is CCCCCCCCCC[N+](CCCCC)(CCCCC)CCCCCCCCCC.[Cl-]. The summed E-state index contributed by atoms with van der Waals surface area (Å²) in [6.07, 6.45) is 31.8. The minimum atomic E-state index is 0. The van der Waals surface area contributed by atoms with Crippen LogP contribution >= 0.6 is 0 Å². The van der Waals surface area contributed by atoms with Crippen molar-refractivity contribution in [3.63, 3.8) is 0 Å². The van der Waals surface area contributed by atoms with E-state index in [9.17, 15) is 0 Å². The summed E-state index contributed by atoms with van der Waals surface area (Å²) in [7, 11) is 0. The van der Waals surface area contributed by atoms with Gasteiger partial charge >= 0.3 is 0 Å². The molecule has 0 aliphatic heterocycles. The molecule has 0 atom stereocenters. The number of rotatable bonds is 26. The van der Waals surface area contributed by atoms with Crippen molar-refractivity contribution in [1.29, 1.82) is 0 Å². The van der Waals surface area contributed by atoms with Gasteiger partial charge in [0.05, 0.1) is 26.2 Å². The first-order valence-corrected chi connectivity index (χ1v) is 15.1. The van der Waals surface area contributed by atoms with Crippen molar-refractivity contribution < 1.29 is 16.9 Å². The van der Waals surface area contributed by atoms with Gasteiger partial charge in [0.25, 0.3) is 0 Å². The molecule has 0 N–H and O–H groups in total. The van der Waals surface area contributed by atoms with E-state index in [-0.39, 0.29) is 12.4 Å². The van der Waals surface area contributed by atoms with Crippen molar-refractivity contribution in [2.75, 3.05) is 26.2 Å². The summed E-state index contributed by atoms with van der Waals surface area (Å²) in [6.45, 7) is 15.2. The van der Waals surface area contributed by atoms with Crippen LogP contribution in [0.2, 0.25) is 0 Å². The minimum Gasteiger partial charge on any atom is -1.00 e. The topological polar surface area (TPSA) is 0 Å². The molecule has 196 valence electrons. The lowest BCUT2D eigenvalue weighted by atomic mass is 10.0. The van der Waals surface area contributed by atoms with Gasteiger partial charge in [-0.25, -0.2) is 0 Å². The monoisotopic (exact) mass is 473 g/mol. The maximum atomic E-state index is 2.36. The zero-order valence-electron chi connectivity index (χ0n) is 23.2. The summed E-state index contributed by atoms with van der Waals surface area (Å²) < 4.78 is 1.46. The predicted molar refractivity (Wildman–Crippen MR) is 144 cm³/mol. The van der Waals surface area contributed by atoms with Gasteiger partial charge in [0.2, 0.25) is 0 Å². The van der Waals surface area contributed by atoms with Gasteiger partial charge < -0.3 is 16.9 Å². The fraction of sp³-hybridized carbons (Fsp3) is 1.00. The van der Waals surface area contributed by atoms with Gasteiger partial charge in [0, 0.05) is 0 Å². The van der Waals surface area contributed by atoms with Gasteiger partial charge in [-0.2, -0.15) is 0 Å². The van der Waals surface area contributed by atoms with Crippen molar-refractivity contribution >= 4 is 0 Å². The highest BCUT2D eigenvalue weighted by molar-refractivity contribution is 4.54. The van der Waals surface area contributed by atoms with Gasteiger partial charge in [-0.05, 0) is 51.4 Å². The number of hydrogen-bond donors (Lipinski definition) is 0. The molecule has 0 saturated heterocycles. The zero-order valence-corrected chi connectivity index (χ0v) is 24.0. The average molecular weight is 474 g/mol. The lowest BCUT2D eigenvalue weighted by Gasteiger charge is -2.39. The first kappa shape index (κ1) is 34.4. The Hall–Kier alpha value is 0.250. The quantitative estimate of drug-likeness (QED) is 0.0902. The van der Waals surface area contributed by atoms with Gasteiger partial charge in [0.15, 0.2) is 0 Å². The van der Waals surface area contributed by atoms with Gasteiger partial charge in [-0.15, -0.1) is 0 Å². The molecule has 0 spiro atoms. The molecule has 0 heterocycles. The zero-order chi connectivity index (χ0) is 22.9. The first-order chi connectivity index (χ1) is 15.2. The van der Waals surface area contributed by atoms with Crippen molar-refractivity contribution in [3.05, 3.63) is 0 Å². The Labute approximate surface area is 211 Å². The molecule has 0 amide bonds. The van der Waals surface area contributed by atoms with Crippen LogP contribution in [0, 0.1) is 0 Å². The molecule has 2 heteroatoms. The fourth-order valence-electron chi connectivity index (χ4n) is 5.23. The lowest BCUT2D eigenvalue weighted by molar-refractivity contribution is -0.929. The van der Waals surface area contributed by atoms with Crippen LogP contribution in [0.3, 0.4) is 0 Å². The number of nitrogens with zero attached hydrogens (tertiary/aromatic N) is 1. The molecule has 0 aromatic carbocycles. The summed E-state index contributed by atoms with van der Waals surface area (Å²) in [5.74, 6) is 0. The van der Waals surface area contributed by atoms with E-state index in [0.29, 0.717) is 0 Å². The first-order valence-electron chi connectivity index (χ1n) is 15.1. The number of unbranched alkanes of at least 4 members (excludes halogenated alkanes) is 18. The Balaban J connectivity index is 0. The highest BCUT2D eigenvalue weighted by Crippen LogP contribution is 2.20. The molecule has 0 fully saturated rings. The van der Waals surface area contributed by atoms with Crippen LogP contribution in [-0.4, -0.2) is 30.7 Å². The second-order valence-electron chi connectivity index (χ2n) is 10.6. The third-order valence-corrected chi connectivity index (χ3v) is 7.44. The van der Waals surface area contributed by atoms with E-state index in [1.54, 1.807) is 0 Å². The third kappa shape index (κ3) is 22.1. The molecular weight excluding hydrogens is 410 g/mol. The number of quaternary nitrogens is 1. The normalized spacial score (nSPS) is 11.6. The maximum Gasteiger partial charge on any atom is 0.0786 e. The smallest absolute Gasteiger partial charge is 0.0786 e. The minimum absolute atomic E-state index is 0. The molecule has 0 aromatic heterocycles. The van der Waals surface area contributed by atoms with Gasteiger partial charge in [-0.3, -0.25) is 0 Å². The van der Waals surface area contributed by atoms with Crippen LogP contribution in [0.4, 0.5) is 0 Å². The molecule has 32 heavy (non-hydrogen) atoms. The Morgan fingerprint density at radius 2 is 0.469 bits per heavy atom. The van der Waals surface area contributed by atoms with E-state index < -0.39 is 0 Å². The third-order valence-electron chi connectivity index (χ3n) is 7.44. The summed E-state index contributed by atoms with van der Waals surface area (Å²) >= 11 is 0. The van der Waals surface area contributed by atoms with Crippen LogP contribution < -0.4 is 12.4 Å². The summed E-state index contributed by atoms with van der Waals surface area (Å²) in [5, 5.41) is 0. The Morgan fingerprint density at radius 1 is 0.281 bits per heavy atom. The van der Waals surface area contributed by atoms with Crippen LogP contribution in [0.15, 0.2) is 0 Å². The van der Waals surface area contributed by atoms with E-state index in [4.69, 9.17) is 0 Å². The predicted octanol–water partition coefficient (Wildman–Crippen LogP) is 7.47. The van der Waals surface area contributed by atoms with Gasteiger partial charge in [0.1, 0.15) is 0 Å². The maximum absolute atomic E-state index is 2.36.